The van der Waals surface area contributed by atoms with Crippen LogP contribution in [0.2, 0.25) is 0 Å². The molecule has 0 atom stereocenters. The van der Waals surface area contributed by atoms with Crippen molar-refractivity contribution < 1.29 is 0 Å². The summed E-state index contributed by atoms with van der Waals surface area (Å²) in [7, 11) is 0. The maximum atomic E-state index is 2.54. The zero-order valence-electron chi connectivity index (χ0n) is 22.5. The van der Waals surface area contributed by atoms with E-state index in [1.165, 1.54) is 71.3 Å². The van der Waals surface area contributed by atoms with E-state index in [-0.39, 0.29) is 5.41 Å². The van der Waals surface area contributed by atoms with Gasteiger partial charge in [-0.05, 0) is 95.8 Å². The molecule has 0 N–H and O–H groups in total. The lowest BCUT2D eigenvalue weighted by atomic mass is 9.76. The third kappa shape index (κ3) is 3.25. The smallest absolute Gasteiger partial charge is 0.0155 e. The van der Waals surface area contributed by atoms with E-state index in [9.17, 15) is 0 Å². The van der Waals surface area contributed by atoms with E-state index in [2.05, 4.69) is 135 Å². The summed E-state index contributed by atoms with van der Waals surface area (Å²) in [5, 5.41) is 7.92. The van der Waals surface area contributed by atoms with Gasteiger partial charge in [0, 0.05) is 5.41 Å². The van der Waals surface area contributed by atoms with Gasteiger partial charge in [-0.1, -0.05) is 129 Å². The standard InChI is InChI=1S/C39H30/c1-39(2)35-18-10-9-13-29(35)30-22-21-28(24-36(30)39)38-33-16-7-5-14-31(33)37(32-15-6-8-17-34(32)38)27-20-19-25-11-3-4-12-26(25)23-27/h3-20,23-24H,21-22H2,1-2H3. The fourth-order valence-electron chi connectivity index (χ4n) is 7.33. The van der Waals surface area contributed by atoms with Crippen LogP contribution in [0, 0.1) is 0 Å². The number of hydrogen-bond donors (Lipinski definition) is 0. The first-order valence-corrected chi connectivity index (χ1v) is 14.1. The molecule has 0 heterocycles. The van der Waals surface area contributed by atoms with Gasteiger partial charge in [0.15, 0.2) is 0 Å². The number of hydrogen-bond acceptors (Lipinski definition) is 0. The Kier molecular flexibility index (Phi) is 4.79. The molecule has 0 saturated heterocycles. The fourth-order valence-corrected chi connectivity index (χ4v) is 7.33. The van der Waals surface area contributed by atoms with Gasteiger partial charge in [0.1, 0.15) is 0 Å². The maximum Gasteiger partial charge on any atom is 0.0155 e. The van der Waals surface area contributed by atoms with E-state index < -0.39 is 0 Å². The molecule has 0 aromatic heterocycles. The molecule has 0 amide bonds. The second-order valence-electron chi connectivity index (χ2n) is 11.6. The quantitative estimate of drug-likeness (QED) is 0.208. The Labute approximate surface area is 229 Å². The lowest BCUT2D eigenvalue weighted by molar-refractivity contribution is 0.652. The van der Waals surface area contributed by atoms with Gasteiger partial charge in [0.05, 0.1) is 0 Å². The van der Waals surface area contributed by atoms with Crippen molar-refractivity contribution in [2.24, 2.45) is 0 Å². The van der Waals surface area contributed by atoms with Crippen LogP contribution >= 0.6 is 0 Å². The van der Waals surface area contributed by atoms with Gasteiger partial charge in [-0.25, -0.2) is 0 Å². The molecule has 6 aromatic rings. The third-order valence-electron chi connectivity index (χ3n) is 9.18. The Hall–Kier alpha value is -4.42. The average molecular weight is 499 g/mol. The van der Waals surface area contributed by atoms with Gasteiger partial charge in [-0.2, -0.15) is 0 Å². The molecule has 0 nitrogen and oxygen atoms in total. The van der Waals surface area contributed by atoms with Crippen LogP contribution in [0.3, 0.4) is 0 Å². The van der Waals surface area contributed by atoms with E-state index in [0.29, 0.717) is 0 Å². The van der Waals surface area contributed by atoms with Crippen molar-refractivity contribution in [1.82, 2.24) is 0 Å². The Balaban J connectivity index is 1.41. The highest BCUT2D eigenvalue weighted by Crippen LogP contribution is 2.53. The zero-order chi connectivity index (χ0) is 26.1. The van der Waals surface area contributed by atoms with Gasteiger partial charge in [-0.15, -0.1) is 0 Å². The van der Waals surface area contributed by atoms with Crippen LogP contribution in [0.15, 0.2) is 127 Å². The highest BCUT2D eigenvalue weighted by Gasteiger charge is 2.38. The molecule has 2 aliphatic carbocycles. The summed E-state index contributed by atoms with van der Waals surface area (Å²) in [5.41, 5.74) is 11.5. The van der Waals surface area contributed by atoms with Crippen molar-refractivity contribution in [2.45, 2.75) is 32.1 Å². The summed E-state index contributed by atoms with van der Waals surface area (Å²) >= 11 is 0. The maximum absolute atomic E-state index is 2.54. The molecule has 2 aliphatic rings. The average Bonchev–Trinajstić information content (AvgIpc) is 3.21. The van der Waals surface area contributed by atoms with Crippen LogP contribution in [-0.2, 0) is 5.41 Å². The Morgan fingerprint density at radius 3 is 1.85 bits per heavy atom. The van der Waals surface area contributed by atoms with Crippen LogP contribution < -0.4 is 0 Å². The summed E-state index contributed by atoms with van der Waals surface area (Å²) in [6.45, 7) is 4.79. The van der Waals surface area contributed by atoms with E-state index in [1.54, 1.807) is 5.57 Å². The topological polar surface area (TPSA) is 0 Å². The predicted octanol–water partition coefficient (Wildman–Crippen LogP) is 10.7. The molecular formula is C39H30. The first-order valence-electron chi connectivity index (χ1n) is 14.1. The predicted molar refractivity (Wildman–Crippen MR) is 168 cm³/mol. The molecular weight excluding hydrogens is 468 g/mol. The van der Waals surface area contributed by atoms with E-state index >= 15 is 0 Å². The lowest BCUT2D eigenvalue weighted by Gasteiger charge is -2.27. The molecule has 8 rings (SSSR count). The van der Waals surface area contributed by atoms with Crippen LogP contribution in [0.1, 0.15) is 43.4 Å². The summed E-state index contributed by atoms with van der Waals surface area (Å²) in [6.07, 6.45) is 4.70. The second kappa shape index (κ2) is 8.29. The molecule has 0 bridgehead atoms. The van der Waals surface area contributed by atoms with Crippen molar-refractivity contribution >= 4 is 43.5 Å². The lowest BCUT2D eigenvalue weighted by Crippen LogP contribution is -2.17. The van der Waals surface area contributed by atoms with Crippen molar-refractivity contribution in [3.05, 3.63) is 144 Å². The third-order valence-corrected chi connectivity index (χ3v) is 9.18. The second-order valence-corrected chi connectivity index (χ2v) is 11.6. The van der Waals surface area contributed by atoms with Crippen molar-refractivity contribution in [1.29, 1.82) is 0 Å². The van der Waals surface area contributed by atoms with Gasteiger partial charge in [-0.3, -0.25) is 0 Å². The molecule has 0 saturated carbocycles. The highest BCUT2D eigenvalue weighted by molar-refractivity contribution is 6.19. The minimum atomic E-state index is 0.0221. The molecule has 0 spiro atoms. The van der Waals surface area contributed by atoms with Crippen molar-refractivity contribution in [2.75, 3.05) is 0 Å². The van der Waals surface area contributed by atoms with Gasteiger partial charge in [0.25, 0.3) is 0 Å². The van der Waals surface area contributed by atoms with Gasteiger partial charge < -0.3 is 0 Å². The Bertz CT molecular complexity index is 1970. The van der Waals surface area contributed by atoms with E-state index in [4.69, 9.17) is 0 Å². The normalized spacial score (nSPS) is 16.0. The first-order chi connectivity index (χ1) is 19.1. The molecule has 0 radical (unpaired) electrons. The number of benzene rings is 6. The monoisotopic (exact) mass is 498 g/mol. The summed E-state index contributed by atoms with van der Waals surface area (Å²) in [5.74, 6) is 0. The largest absolute Gasteiger partial charge is 0.0619 e. The van der Waals surface area contributed by atoms with Crippen molar-refractivity contribution in [3.8, 4) is 11.1 Å². The van der Waals surface area contributed by atoms with Gasteiger partial charge in [0.2, 0.25) is 0 Å². The van der Waals surface area contributed by atoms with Crippen LogP contribution in [0.4, 0.5) is 0 Å². The summed E-state index contributed by atoms with van der Waals surface area (Å²) < 4.78 is 0. The Morgan fingerprint density at radius 2 is 1.13 bits per heavy atom. The van der Waals surface area contributed by atoms with Crippen molar-refractivity contribution in [3.63, 3.8) is 0 Å². The molecule has 0 aliphatic heterocycles. The molecule has 186 valence electrons. The number of allylic oxidation sites excluding steroid dienone is 4. The number of rotatable bonds is 2. The zero-order valence-corrected chi connectivity index (χ0v) is 22.5. The van der Waals surface area contributed by atoms with Crippen LogP contribution in [0.5, 0.6) is 0 Å². The molecule has 0 fully saturated rings. The Morgan fingerprint density at radius 1 is 0.538 bits per heavy atom. The molecule has 0 unspecified atom stereocenters. The van der Waals surface area contributed by atoms with Crippen LogP contribution in [-0.4, -0.2) is 0 Å². The van der Waals surface area contributed by atoms with Crippen LogP contribution in [0.25, 0.3) is 54.6 Å². The summed E-state index contributed by atoms with van der Waals surface area (Å²) in [4.78, 5) is 0. The summed E-state index contributed by atoms with van der Waals surface area (Å²) in [6, 6.07) is 42.7. The fraction of sp³-hybridized carbons (Fsp3) is 0.128. The molecule has 0 heteroatoms. The van der Waals surface area contributed by atoms with E-state index in [1.807, 2.05) is 0 Å². The minimum Gasteiger partial charge on any atom is -0.0619 e. The van der Waals surface area contributed by atoms with E-state index in [0.717, 1.165) is 12.8 Å². The molecule has 39 heavy (non-hydrogen) atoms. The highest BCUT2D eigenvalue weighted by atomic mass is 14.4. The van der Waals surface area contributed by atoms with Gasteiger partial charge >= 0.3 is 0 Å². The molecule has 6 aromatic carbocycles. The minimum absolute atomic E-state index is 0.0221. The number of fused-ring (bicyclic) bond motifs is 5. The SMILES string of the molecule is CC1(C)C2=C(CCC(c3c4ccccc4c(-c4ccc5ccccc5c4)c4ccccc34)=C2)c2ccccc21. The first kappa shape index (κ1) is 22.6.